The lowest BCUT2D eigenvalue weighted by Gasteiger charge is -2.16. The third-order valence-corrected chi connectivity index (χ3v) is 8.05. The quantitative estimate of drug-likeness (QED) is 0.171. The van der Waals surface area contributed by atoms with Crippen LogP contribution < -0.4 is 9.80 Å². The van der Waals surface area contributed by atoms with Gasteiger partial charge in [0.25, 0.3) is 0 Å². The van der Waals surface area contributed by atoms with Crippen molar-refractivity contribution in [1.29, 1.82) is 0 Å². The maximum Gasteiger partial charge on any atom is 0.0722 e. The van der Waals surface area contributed by atoms with E-state index in [1.807, 2.05) is 0 Å². The molecule has 0 aliphatic heterocycles. The van der Waals surface area contributed by atoms with Crippen LogP contribution in [0.15, 0.2) is 115 Å². The van der Waals surface area contributed by atoms with E-state index in [0.29, 0.717) is 0 Å². The molecule has 0 bridgehead atoms. The molecule has 0 N–H and O–H groups in total. The van der Waals surface area contributed by atoms with E-state index in [4.69, 9.17) is 4.98 Å². The van der Waals surface area contributed by atoms with Gasteiger partial charge >= 0.3 is 0 Å². The molecule has 0 radical (unpaired) electrons. The first-order valence-electron chi connectivity index (χ1n) is 13.7. The van der Waals surface area contributed by atoms with Crippen LogP contribution in [-0.4, -0.2) is 33.2 Å². The summed E-state index contributed by atoms with van der Waals surface area (Å²) in [5.41, 5.74) is 9.23. The molecular formula is C37H31N3. The zero-order chi connectivity index (χ0) is 27.4. The van der Waals surface area contributed by atoms with Crippen LogP contribution in [0, 0.1) is 0 Å². The third-order valence-electron chi connectivity index (χ3n) is 8.05. The van der Waals surface area contributed by atoms with Crippen LogP contribution in [0.5, 0.6) is 0 Å². The highest BCUT2D eigenvalue weighted by Gasteiger charge is 2.14. The van der Waals surface area contributed by atoms with Gasteiger partial charge < -0.3 is 9.80 Å². The van der Waals surface area contributed by atoms with Crippen molar-refractivity contribution in [3.8, 4) is 22.3 Å². The van der Waals surface area contributed by atoms with Crippen LogP contribution in [0.2, 0.25) is 0 Å². The van der Waals surface area contributed by atoms with Gasteiger partial charge in [-0.1, -0.05) is 72.8 Å². The lowest BCUT2D eigenvalue weighted by Crippen LogP contribution is -2.07. The van der Waals surface area contributed by atoms with Crippen molar-refractivity contribution in [3.63, 3.8) is 0 Å². The predicted octanol–water partition coefficient (Wildman–Crippen LogP) is 9.16. The Bertz CT molecular complexity index is 1890. The molecule has 0 amide bonds. The first-order chi connectivity index (χ1) is 19.5. The molecule has 0 unspecified atom stereocenters. The van der Waals surface area contributed by atoms with Crippen LogP contribution in [0.4, 0.5) is 11.4 Å². The molecule has 0 spiro atoms. The number of hydrogen-bond acceptors (Lipinski definition) is 3. The van der Waals surface area contributed by atoms with E-state index in [-0.39, 0.29) is 0 Å². The van der Waals surface area contributed by atoms with Gasteiger partial charge in [-0.05, 0) is 86.3 Å². The molecule has 0 aliphatic rings. The van der Waals surface area contributed by atoms with Gasteiger partial charge in [0.15, 0.2) is 0 Å². The van der Waals surface area contributed by atoms with Crippen molar-refractivity contribution in [2.24, 2.45) is 0 Å². The molecule has 3 nitrogen and oxygen atoms in total. The highest BCUT2D eigenvalue weighted by Crippen LogP contribution is 2.40. The van der Waals surface area contributed by atoms with E-state index in [1.54, 1.807) is 0 Å². The van der Waals surface area contributed by atoms with Crippen molar-refractivity contribution >= 4 is 54.7 Å². The fourth-order valence-corrected chi connectivity index (χ4v) is 5.88. The zero-order valence-electron chi connectivity index (χ0n) is 23.3. The van der Waals surface area contributed by atoms with Crippen LogP contribution in [-0.2, 0) is 0 Å². The van der Waals surface area contributed by atoms with Crippen LogP contribution in [0.25, 0.3) is 65.6 Å². The molecule has 1 aromatic heterocycles. The molecule has 0 saturated carbocycles. The van der Waals surface area contributed by atoms with Crippen molar-refractivity contribution in [2.75, 3.05) is 38.0 Å². The number of nitrogens with zero attached hydrogens (tertiary/aromatic N) is 3. The first-order valence-corrected chi connectivity index (χ1v) is 13.7. The Morgan fingerprint density at radius 2 is 0.775 bits per heavy atom. The summed E-state index contributed by atoms with van der Waals surface area (Å²) in [5.74, 6) is 0. The molecule has 40 heavy (non-hydrogen) atoms. The average Bonchev–Trinajstić information content (AvgIpc) is 2.99. The van der Waals surface area contributed by atoms with Crippen molar-refractivity contribution < 1.29 is 0 Å². The van der Waals surface area contributed by atoms with E-state index in [1.165, 1.54) is 65.9 Å². The Morgan fingerprint density at radius 1 is 0.400 bits per heavy atom. The number of anilines is 2. The van der Waals surface area contributed by atoms with Crippen molar-refractivity contribution in [3.05, 3.63) is 115 Å². The monoisotopic (exact) mass is 517 g/mol. The van der Waals surface area contributed by atoms with Crippen LogP contribution in [0.1, 0.15) is 0 Å². The summed E-state index contributed by atoms with van der Waals surface area (Å²) in [5, 5.41) is 7.32. The molecule has 6 aromatic carbocycles. The number of rotatable bonds is 4. The minimum atomic E-state index is 1.02. The number of aromatic nitrogens is 1. The summed E-state index contributed by atoms with van der Waals surface area (Å²) in [7, 11) is 8.29. The second kappa shape index (κ2) is 9.39. The maximum atomic E-state index is 5.33. The van der Waals surface area contributed by atoms with Crippen molar-refractivity contribution in [2.45, 2.75) is 0 Å². The number of pyridine rings is 1. The second-order valence-corrected chi connectivity index (χ2v) is 10.9. The highest BCUT2D eigenvalue weighted by atomic mass is 15.1. The summed E-state index contributed by atoms with van der Waals surface area (Å²) >= 11 is 0. The maximum absolute atomic E-state index is 5.33. The molecule has 7 aromatic rings. The molecule has 3 heteroatoms. The van der Waals surface area contributed by atoms with Gasteiger partial charge in [0.2, 0.25) is 0 Å². The Balaban J connectivity index is 1.51. The minimum absolute atomic E-state index is 1.02. The second-order valence-electron chi connectivity index (χ2n) is 10.9. The van der Waals surface area contributed by atoms with Gasteiger partial charge in [-0.25, -0.2) is 4.98 Å². The smallest absolute Gasteiger partial charge is 0.0722 e. The van der Waals surface area contributed by atoms with Gasteiger partial charge in [0, 0.05) is 50.3 Å². The number of hydrogen-bond donors (Lipinski definition) is 0. The molecular weight excluding hydrogens is 486 g/mol. The van der Waals surface area contributed by atoms with Gasteiger partial charge in [-0.3, -0.25) is 0 Å². The van der Waals surface area contributed by atoms with Gasteiger partial charge in [0.05, 0.1) is 11.0 Å². The Kier molecular flexibility index (Phi) is 5.67. The zero-order valence-corrected chi connectivity index (χ0v) is 23.3. The van der Waals surface area contributed by atoms with Gasteiger partial charge in [0.1, 0.15) is 0 Å². The predicted molar refractivity (Wildman–Crippen MR) is 174 cm³/mol. The molecule has 7 rings (SSSR count). The molecule has 0 aliphatic carbocycles. The molecule has 0 fully saturated rings. The summed E-state index contributed by atoms with van der Waals surface area (Å²) in [4.78, 5) is 9.59. The lowest BCUT2D eigenvalue weighted by atomic mass is 9.92. The van der Waals surface area contributed by atoms with Crippen molar-refractivity contribution in [1.82, 2.24) is 4.98 Å². The SMILES string of the molecule is CN(C)c1ccc(-c2cc3nc4cc(-c5ccc(N(C)C)cc5)c5ccccc5c4cc3c3ccccc23)cc1. The van der Waals surface area contributed by atoms with E-state index < -0.39 is 0 Å². The Labute approximate surface area is 234 Å². The fraction of sp³-hybridized carbons (Fsp3) is 0.108. The Morgan fingerprint density at radius 3 is 1.15 bits per heavy atom. The van der Waals surface area contributed by atoms with E-state index in [0.717, 1.165) is 11.0 Å². The third kappa shape index (κ3) is 3.94. The summed E-state index contributed by atoms with van der Waals surface area (Å²) < 4.78 is 0. The minimum Gasteiger partial charge on any atom is -0.378 e. The Hall–Kier alpha value is -4.89. The molecule has 0 atom stereocenters. The standard InChI is InChI=1S/C37H31N3/c1-39(2)26-17-13-24(14-18-26)32-22-36-34(30-11-7-5-9-28(30)32)21-35-31-12-8-6-10-29(31)33(23-37(35)38-36)25-15-19-27(20-16-25)40(3)4/h5-23H,1-4H3. The average molecular weight is 518 g/mol. The normalized spacial score (nSPS) is 11.5. The molecule has 194 valence electrons. The summed E-state index contributed by atoms with van der Waals surface area (Å²) in [6.07, 6.45) is 0. The molecule has 1 heterocycles. The topological polar surface area (TPSA) is 19.4 Å². The van der Waals surface area contributed by atoms with Gasteiger partial charge in [-0.2, -0.15) is 0 Å². The fourth-order valence-electron chi connectivity index (χ4n) is 5.88. The summed E-state index contributed by atoms with van der Waals surface area (Å²) in [6, 6.07) is 41.9. The number of fused-ring (bicyclic) bond motifs is 6. The van der Waals surface area contributed by atoms with Crippen LogP contribution in [0.3, 0.4) is 0 Å². The van der Waals surface area contributed by atoms with E-state index in [2.05, 4.69) is 153 Å². The van der Waals surface area contributed by atoms with Crippen LogP contribution >= 0.6 is 0 Å². The first kappa shape index (κ1) is 24.2. The highest BCUT2D eigenvalue weighted by molar-refractivity contribution is 6.20. The lowest BCUT2D eigenvalue weighted by molar-refractivity contribution is 1.13. The molecule has 0 saturated heterocycles. The van der Waals surface area contributed by atoms with E-state index in [9.17, 15) is 0 Å². The van der Waals surface area contributed by atoms with E-state index >= 15 is 0 Å². The largest absolute Gasteiger partial charge is 0.378 e. The van der Waals surface area contributed by atoms with Gasteiger partial charge in [-0.15, -0.1) is 0 Å². The number of benzene rings is 6. The summed E-state index contributed by atoms with van der Waals surface area (Å²) in [6.45, 7) is 0.